The summed E-state index contributed by atoms with van der Waals surface area (Å²) in [4.78, 5) is 52.1. The Hall–Kier alpha value is -4.74. The number of aromatic nitrogens is 3. The van der Waals surface area contributed by atoms with Crippen LogP contribution in [0.4, 0.5) is 11.5 Å². The number of hydrogen-bond acceptors (Lipinski definition) is 7. The highest BCUT2D eigenvalue weighted by atomic mass is 16.5. The van der Waals surface area contributed by atoms with Crippen LogP contribution in [0.3, 0.4) is 0 Å². The number of ether oxygens (including phenoxy) is 1. The fourth-order valence-electron chi connectivity index (χ4n) is 6.79. The standard InChI is InChI=1S/C37H45N7O4/c1-5-7-25-18-24(3)40-37(47)30(25)22-39-36(46)29-19-27(26-8-9-33(38-21-26)43-14-12-42(4)13-15-43)20-32-35(29)31(41-34(45)6-2)23-44(32)28-10-16-48-17-11-28/h6,8-9,18-21,23,28H,2,5,7,10-17,22H2,1,3-4H3,(H,39,46)(H,40,47)(H,41,45). The average Bonchev–Trinajstić information content (AvgIpc) is 3.46. The van der Waals surface area contributed by atoms with Crippen LogP contribution in [0.25, 0.3) is 22.0 Å². The monoisotopic (exact) mass is 651 g/mol. The van der Waals surface area contributed by atoms with Crippen molar-refractivity contribution in [2.75, 3.05) is 56.7 Å². The SMILES string of the molecule is C=CC(=O)Nc1cn(C2CCOCC2)c2cc(-c3ccc(N4CCN(C)CC4)nc3)cc(C(=O)NCc3c(CCC)cc(C)[nH]c3=O)c12. The van der Waals surface area contributed by atoms with Gasteiger partial charge in [0.2, 0.25) is 5.91 Å². The summed E-state index contributed by atoms with van der Waals surface area (Å²) in [6.07, 6.45) is 8.23. The van der Waals surface area contributed by atoms with Crippen LogP contribution in [-0.2, 0) is 22.5 Å². The quantitative estimate of drug-likeness (QED) is 0.210. The van der Waals surface area contributed by atoms with Crippen LogP contribution in [0.15, 0.2) is 60.2 Å². The van der Waals surface area contributed by atoms with Crippen molar-refractivity contribution in [3.05, 3.63) is 88.1 Å². The predicted octanol–water partition coefficient (Wildman–Crippen LogP) is 4.81. The van der Waals surface area contributed by atoms with Crippen molar-refractivity contribution in [3.8, 4) is 11.1 Å². The van der Waals surface area contributed by atoms with Gasteiger partial charge in [-0.1, -0.05) is 19.9 Å². The molecule has 2 aliphatic heterocycles. The Kier molecular flexibility index (Phi) is 10.1. The number of amides is 2. The van der Waals surface area contributed by atoms with Gasteiger partial charge in [-0.05, 0) is 80.8 Å². The maximum absolute atomic E-state index is 14.2. The number of H-pyrrole nitrogens is 1. The van der Waals surface area contributed by atoms with E-state index < -0.39 is 0 Å². The molecular weight excluding hydrogens is 606 g/mol. The van der Waals surface area contributed by atoms with Crippen LogP contribution in [-0.4, -0.2) is 77.7 Å². The smallest absolute Gasteiger partial charge is 0.253 e. The molecule has 0 atom stereocenters. The van der Waals surface area contributed by atoms with Crippen molar-refractivity contribution in [1.82, 2.24) is 24.8 Å². The van der Waals surface area contributed by atoms with Crippen LogP contribution in [0, 0.1) is 6.92 Å². The molecule has 5 heterocycles. The molecule has 3 N–H and O–H groups in total. The number of pyridine rings is 2. The predicted molar refractivity (Wildman–Crippen MR) is 190 cm³/mol. The first-order valence-electron chi connectivity index (χ1n) is 16.8. The van der Waals surface area contributed by atoms with Gasteiger partial charge in [0.05, 0.1) is 16.8 Å². The van der Waals surface area contributed by atoms with Gasteiger partial charge in [-0.15, -0.1) is 0 Å². The number of anilines is 2. The maximum atomic E-state index is 14.2. The molecular formula is C37H45N7O4. The van der Waals surface area contributed by atoms with Gasteiger partial charge < -0.3 is 34.7 Å². The molecule has 6 rings (SSSR count). The maximum Gasteiger partial charge on any atom is 0.253 e. The molecule has 0 unspecified atom stereocenters. The van der Waals surface area contributed by atoms with E-state index in [9.17, 15) is 14.4 Å². The van der Waals surface area contributed by atoms with Gasteiger partial charge in [-0.25, -0.2) is 4.98 Å². The van der Waals surface area contributed by atoms with Crippen LogP contribution in [0.5, 0.6) is 0 Å². The second-order valence-corrected chi connectivity index (χ2v) is 12.8. The number of carbonyl (C=O) groups is 2. The first-order chi connectivity index (χ1) is 23.2. The van der Waals surface area contributed by atoms with Gasteiger partial charge in [0.1, 0.15) is 5.82 Å². The Labute approximate surface area is 281 Å². The minimum Gasteiger partial charge on any atom is -0.381 e. The van der Waals surface area contributed by atoms with E-state index in [0.717, 1.165) is 85.6 Å². The molecule has 11 heteroatoms. The van der Waals surface area contributed by atoms with E-state index in [1.165, 1.54) is 6.08 Å². The second-order valence-electron chi connectivity index (χ2n) is 12.8. The zero-order valence-corrected chi connectivity index (χ0v) is 28.1. The molecule has 0 aliphatic carbocycles. The molecule has 0 spiro atoms. The number of likely N-dealkylation sites (N-methyl/N-ethyl adjacent to an activating group) is 1. The Morgan fingerprint density at radius 2 is 1.88 bits per heavy atom. The number of aromatic amines is 1. The third-order valence-electron chi connectivity index (χ3n) is 9.42. The molecule has 252 valence electrons. The van der Waals surface area contributed by atoms with Crippen molar-refractivity contribution in [1.29, 1.82) is 0 Å². The summed E-state index contributed by atoms with van der Waals surface area (Å²) in [6, 6.07) is 10.1. The van der Waals surface area contributed by atoms with Gasteiger partial charge in [-0.3, -0.25) is 14.4 Å². The van der Waals surface area contributed by atoms with Crippen LogP contribution < -0.4 is 21.1 Å². The summed E-state index contributed by atoms with van der Waals surface area (Å²) in [6.45, 7) is 12.7. The number of nitrogens with one attached hydrogen (secondary N) is 3. The lowest BCUT2D eigenvalue weighted by Crippen LogP contribution is -2.44. The highest BCUT2D eigenvalue weighted by Crippen LogP contribution is 2.38. The number of carbonyl (C=O) groups excluding carboxylic acids is 2. The van der Waals surface area contributed by atoms with Crippen molar-refractivity contribution in [3.63, 3.8) is 0 Å². The van der Waals surface area contributed by atoms with E-state index in [-0.39, 0.29) is 30.0 Å². The molecule has 11 nitrogen and oxygen atoms in total. The van der Waals surface area contributed by atoms with Gasteiger partial charge in [-0.2, -0.15) is 0 Å². The van der Waals surface area contributed by atoms with Crippen molar-refractivity contribution in [2.45, 2.75) is 52.1 Å². The van der Waals surface area contributed by atoms with Crippen molar-refractivity contribution in [2.24, 2.45) is 0 Å². The van der Waals surface area contributed by atoms with Crippen LogP contribution in [0.1, 0.15) is 59.4 Å². The Morgan fingerprint density at radius 1 is 1.10 bits per heavy atom. The lowest BCUT2D eigenvalue weighted by atomic mass is 9.99. The average molecular weight is 652 g/mol. The molecule has 2 fully saturated rings. The molecule has 4 aromatic rings. The fraction of sp³-hybridized carbons (Fsp3) is 0.405. The molecule has 2 saturated heterocycles. The van der Waals surface area contributed by atoms with Gasteiger partial charge in [0.15, 0.2) is 0 Å². The highest BCUT2D eigenvalue weighted by molar-refractivity contribution is 6.15. The normalized spacial score (nSPS) is 15.9. The molecule has 2 aliphatic rings. The van der Waals surface area contributed by atoms with E-state index in [1.807, 2.05) is 37.5 Å². The van der Waals surface area contributed by atoms with Crippen LogP contribution >= 0.6 is 0 Å². The third-order valence-corrected chi connectivity index (χ3v) is 9.42. The molecule has 3 aromatic heterocycles. The molecule has 48 heavy (non-hydrogen) atoms. The number of benzene rings is 1. The summed E-state index contributed by atoms with van der Waals surface area (Å²) in [5, 5.41) is 6.61. The topological polar surface area (TPSA) is 125 Å². The van der Waals surface area contributed by atoms with Crippen molar-refractivity contribution < 1.29 is 14.3 Å². The van der Waals surface area contributed by atoms with Gasteiger partial charge in [0, 0.05) is 86.6 Å². The lowest BCUT2D eigenvalue weighted by molar-refractivity contribution is -0.111. The molecule has 0 bridgehead atoms. The van der Waals surface area contributed by atoms with E-state index in [0.29, 0.717) is 35.4 Å². The van der Waals surface area contributed by atoms with E-state index in [2.05, 4.69) is 62.7 Å². The number of rotatable bonds is 10. The lowest BCUT2D eigenvalue weighted by Gasteiger charge is -2.33. The number of piperazine rings is 1. The number of aryl methyl sites for hydroxylation is 2. The summed E-state index contributed by atoms with van der Waals surface area (Å²) >= 11 is 0. The van der Waals surface area contributed by atoms with Crippen molar-refractivity contribution >= 4 is 34.2 Å². The number of nitrogens with zero attached hydrogens (tertiary/aromatic N) is 4. The minimum atomic E-state index is -0.365. The number of fused-ring (bicyclic) bond motifs is 1. The number of hydrogen-bond donors (Lipinski definition) is 3. The van der Waals surface area contributed by atoms with Gasteiger partial charge in [0.25, 0.3) is 11.5 Å². The fourth-order valence-corrected chi connectivity index (χ4v) is 6.79. The summed E-state index contributed by atoms with van der Waals surface area (Å²) in [7, 11) is 2.13. The third kappa shape index (κ3) is 7.07. The zero-order chi connectivity index (χ0) is 33.8. The minimum absolute atomic E-state index is 0.0752. The second kappa shape index (κ2) is 14.6. The summed E-state index contributed by atoms with van der Waals surface area (Å²) in [5.41, 5.74) is 5.52. The van der Waals surface area contributed by atoms with E-state index in [1.54, 1.807) is 0 Å². The summed E-state index contributed by atoms with van der Waals surface area (Å²) in [5.74, 6) is 0.220. The first-order valence-corrected chi connectivity index (χ1v) is 16.8. The Balaban J connectivity index is 1.44. The molecule has 0 radical (unpaired) electrons. The van der Waals surface area contributed by atoms with E-state index >= 15 is 0 Å². The Morgan fingerprint density at radius 3 is 2.56 bits per heavy atom. The van der Waals surface area contributed by atoms with E-state index in [4.69, 9.17) is 9.72 Å². The molecule has 2 amide bonds. The highest BCUT2D eigenvalue weighted by Gasteiger charge is 2.25. The summed E-state index contributed by atoms with van der Waals surface area (Å²) < 4.78 is 7.82. The zero-order valence-electron chi connectivity index (χ0n) is 28.1. The molecule has 0 saturated carbocycles. The van der Waals surface area contributed by atoms with Gasteiger partial charge >= 0.3 is 0 Å². The first kappa shape index (κ1) is 33.2. The largest absolute Gasteiger partial charge is 0.381 e. The Bertz CT molecular complexity index is 1860. The van der Waals surface area contributed by atoms with Crippen LogP contribution in [0.2, 0.25) is 0 Å². The molecule has 1 aromatic carbocycles.